The van der Waals surface area contributed by atoms with Crippen LogP contribution < -0.4 is 10.9 Å². The van der Waals surface area contributed by atoms with Crippen molar-refractivity contribution in [2.24, 2.45) is 0 Å². The number of hydrogen-bond donors (Lipinski definition) is 1. The second-order valence-electron chi connectivity index (χ2n) is 6.16. The molecule has 138 valence electrons. The number of rotatable bonds is 4. The molecule has 0 spiro atoms. The molecule has 0 radical (unpaired) electrons. The fourth-order valence-electron chi connectivity index (χ4n) is 2.89. The molecule has 6 nitrogen and oxygen atoms in total. The van der Waals surface area contributed by atoms with E-state index >= 15 is 0 Å². The van der Waals surface area contributed by atoms with Crippen molar-refractivity contribution in [1.82, 2.24) is 14.8 Å². The number of carbonyl (C=O) groups is 1. The average Bonchev–Trinajstić information content (AvgIpc) is 2.72. The molecule has 0 saturated heterocycles. The van der Waals surface area contributed by atoms with Crippen LogP contribution in [0.3, 0.4) is 0 Å². The molecule has 4 aromatic rings. The minimum atomic E-state index is -0.423. The highest BCUT2D eigenvalue weighted by molar-refractivity contribution is 9.10. The van der Waals surface area contributed by atoms with Gasteiger partial charge in [-0.3, -0.25) is 9.59 Å². The lowest BCUT2D eigenvalue weighted by Crippen LogP contribution is -2.28. The van der Waals surface area contributed by atoms with Crippen LogP contribution in [0.1, 0.15) is 16.1 Å². The molecule has 0 unspecified atom stereocenters. The predicted octanol–water partition coefficient (Wildman–Crippen LogP) is 3.85. The summed E-state index contributed by atoms with van der Waals surface area (Å²) in [6.45, 7) is 0.279. The zero-order valence-electron chi connectivity index (χ0n) is 14.7. The Labute approximate surface area is 169 Å². The van der Waals surface area contributed by atoms with E-state index in [1.165, 1.54) is 4.68 Å². The van der Waals surface area contributed by atoms with Crippen LogP contribution in [0.15, 0.2) is 82.2 Å². The van der Waals surface area contributed by atoms with Crippen molar-refractivity contribution < 1.29 is 4.79 Å². The van der Waals surface area contributed by atoms with Crippen LogP contribution in [0.4, 0.5) is 5.82 Å². The Hall–Kier alpha value is -3.32. The summed E-state index contributed by atoms with van der Waals surface area (Å²) in [7, 11) is 0. The summed E-state index contributed by atoms with van der Waals surface area (Å²) < 4.78 is 2.13. The van der Waals surface area contributed by atoms with Crippen LogP contribution in [-0.4, -0.2) is 20.7 Å². The van der Waals surface area contributed by atoms with E-state index in [2.05, 4.69) is 31.3 Å². The van der Waals surface area contributed by atoms with Gasteiger partial charge in [-0.2, -0.15) is 5.10 Å². The van der Waals surface area contributed by atoms with Crippen molar-refractivity contribution in [3.8, 4) is 0 Å². The number of amides is 1. The molecule has 0 aliphatic rings. The molecule has 4 rings (SSSR count). The minimum Gasteiger partial charge on any atom is -0.305 e. The molecule has 2 heterocycles. The van der Waals surface area contributed by atoms with Gasteiger partial charge in [0.2, 0.25) is 0 Å². The summed E-state index contributed by atoms with van der Waals surface area (Å²) in [6, 6.07) is 20.0. The van der Waals surface area contributed by atoms with Gasteiger partial charge in [0.25, 0.3) is 11.5 Å². The zero-order chi connectivity index (χ0) is 19.5. The summed E-state index contributed by atoms with van der Waals surface area (Å²) in [6.07, 6.45) is 1.59. The van der Waals surface area contributed by atoms with Gasteiger partial charge in [0, 0.05) is 16.1 Å². The van der Waals surface area contributed by atoms with Gasteiger partial charge in [-0.1, -0.05) is 48.5 Å². The molecule has 0 aliphatic heterocycles. The monoisotopic (exact) mass is 434 g/mol. The largest absolute Gasteiger partial charge is 0.305 e. The van der Waals surface area contributed by atoms with Gasteiger partial charge >= 0.3 is 0 Å². The van der Waals surface area contributed by atoms with Crippen molar-refractivity contribution in [3.63, 3.8) is 0 Å². The molecule has 0 atom stereocenters. The molecular formula is C21H15BrN4O2. The van der Waals surface area contributed by atoms with E-state index in [0.29, 0.717) is 16.6 Å². The van der Waals surface area contributed by atoms with E-state index in [-0.39, 0.29) is 17.8 Å². The third-order valence-electron chi connectivity index (χ3n) is 4.23. The average molecular weight is 435 g/mol. The van der Waals surface area contributed by atoms with Crippen LogP contribution >= 0.6 is 15.9 Å². The second-order valence-corrected chi connectivity index (χ2v) is 7.07. The van der Waals surface area contributed by atoms with Crippen molar-refractivity contribution in [3.05, 3.63) is 99.0 Å². The first-order valence-corrected chi connectivity index (χ1v) is 9.38. The third-order valence-corrected chi connectivity index (χ3v) is 4.70. The fraction of sp³-hybridized carbons (Fsp3) is 0.0476. The first-order valence-electron chi connectivity index (χ1n) is 8.58. The lowest BCUT2D eigenvalue weighted by atomic mass is 10.1. The van der Waals surface area contributed by atoms with Gasteiger partial charge in [-0.05, 0) is 39.7 Å². The number of aromatic nitrogens is 3. The number of anilines is 1. The molecule has 1 amide bonds. The van der Waals surface area contributed by atoms with Crippen molar-refractivity contribution in [2.75, 3.05) is 5.32 Å². The summed E-state index contributed by atoms with van der Waals surface area (Å²) in [5, 5.41) is 8.06. The minimum absolute atomic E-state index is 0.177. The molecule has 2 aromatic heterocycles. The second kappa shape index (κ2) is 7.74. The third kappa shape index (κ3) is 3.70. The van der Waals surface area contributed by atoms with Crippen LogP contribution in [-0.2, 0) is 6.54 Å². The number of halogens is 1. The number of carbonyl (C=O) groups excluding carboxylic acids is 1. The molecule has 0 aliphatic carbocycles. The van der Waals surface area contributed by atoms with E-state index < -0.39 is 5.91 Å². The smallest absolute Gasteiger partial charge is 0.277 e. The van der Waals surface area contributed by atoms with Crippen LogP contribution in [0.25, 0.3) is 10.8 Å². The van der Waals surface area contributed by atoms with E-state index in [4.69, 9.17) is 0 Å². The Kier molecular flexibility index (Phi) is 4.99. The van der Waals surface area contributed by atoms with Crippen LogP contribution in [0.2, 0.25) is 0 Å². The lowest BCUT2D eigenvalue weighted by molar-refractivity contribution is 0.102. The SMILES string of the molecule is O=C(Nc1ccc(Br)cn1)c1nn(Cc2ccccc2)c(=O)c2ccccc12. The molecule has 28 heavy (non-hydrogen) atoms. The van der Waals surface area contributed by atoms with Crippen molar-refractivity contribution >= 4 is 38.4 Å². The molecule has 0 saturated carbocycles. The Morgan fingerprint density at radius 1 is 0.964 bits per heavy atom. The number of fused-ring (bicyclic) bond motifs is 1. The first kappa shape index (κ1) is 18.1. The highest BCUT2D eigenvalue weighted by atomic mass is 79.9. The van der Waals surface area contributed by atoms with Gasteiger partial charge < -0.3 is 5.32 Å². The van der Waals surface area contributed by atoms with E-state index in [0.717, 1.165) is 10.0 Å². The molecular weight excluding hydrogens is 420 g/mol. The van der Waals surface area contributed by atoms with Gasteiger partial charge in [0.05, 0.1) is 11.9 Å². The maximum absolute atomic E-state index is 12.9. The molecule has 2 aromatic carbocycles. The Morgan fingerprint density at radius 2 is 1.68 bits per heavy atom. The number of benzene rings is 2. The number of nitrogens with zero attached hydrogens (tertiary/aromatic N) is 3. The maximum Gasteiger partial charge on any atom is 0.277 e. The summed E-state index contributed by atoms with van der Waals surface area (Å²) in [5.74, 6) is -0.0206. The predicted molar refractivity (Wildman–Crippen MR) is 111 cm³/mol. The topological polar surface area (TPSA) is 76.9 Å². The molecule has 7 heteroatoms. The molecule has 1 N–H and O–H groups in total. The fourth-order valence-corrected chi connectivity index (χ4v) is 3.13. The number of pyridine rings is 1. The first-order chi connectivity index (χ1) is 13.6. The van der Waals surface area contributed by atoms with Crippen LogP contribution in [0.5, 0.6) is 0 Å². The Morgan fingerprint density at radius 3 is 2.39 bits per heavy atom. The highest BCUT2D eigenvalue weighted by Crippen LogP contribution is 2.16. The van der Waals surface area contributed by atoms with Crippen molar-refractivity contribution in [1.29, 1.82) is 0 Å². The van der Waals surface area contributed by atoms with E-state index in [9.17, 15) is 9.59 Å². The van der Waals surface area contributed by atoms with Crippen molar-refractivity contribution in [2.45, 2.75) is 6.54 Å². The van der Waals surface area contributed by atoms with Gasteiger partial charge in [-0.25, -0.2) is 9.67 Å². The maximum atomic E-state index is 12.9. The van der Waals surface area contributed by atoms with Gasteiger partial charge in [0.1, 0.15) is 5.82 Å². The normalized spacial score (nSPS) is 10.8. The number of hydrogen-bond acceptors (Lipinski definition) is 4. The van der Waals surface area contributed by atoms with Gasteiger partial charge in [-0.15, -0.1) is 0 Å². The summed E-state index contributed by atoms with van der Waals surface area (Å²) in [5.41, 5.74) is 0.863. The highest BCUT2D eigenvalue weighted by Gasteiger charge is 2.17. The molecule has 0 fully saturated rings. The van der Waals surface area contributed by atoms with Crippen LogP contribution in [0, 0.1) is 0 Å². The Bertz CT molecular complexity index is 1200. The lowest BCUT2D eigenvalue weighted by Gasteiger charge is -2.11. The van der Waals surface area contributed by atoms with E-state index in [1.54, 1.807) is 42.6 Å². The Balaban J connectivity index is 1.78. The molecule has 0 bridgehead atoms. The summed E-state index contributed by atoms with van der Waals surface area (Å²) >= 11 is 3.31. The number of nitrogens with one attached hydrogen (secondary N) is 1. The summed E-state index contributed by atoms with van der Waals surface area (Å²) in [4.78, 5) is 29.9. The quantitative estimate of drug-likeness (QED) is 0.528. The zero-order valence-corrected chi connectivity index (χ0v) is 16.3. The van der Waals surface area contributed by atoms with Gasteiger partial charge in [0.15, 0.2) is 5.69 Å². The standard InChI is InChI=1S/C21H15BrN4O2/c22-15-10-11-18(23-12-15)24-20(27)19-16-8-4-5-9-17(16)21(28)26(25-19)13-14-6-2-1-3-7-14/h1-12H,13H2,(H,23,24,27). The van der Waals surface area contributed by atoms with E-state index in [1.807, 2.05) is 30.3 Å².